The maximum Gasteiger partial charge on any atom is 0.251 e. The molecule has 0 fully saturated rings. The summed E-state index contributed by atoms with van der Waals surface area (Å²) in [5, 5.41) is 7.79. The lowest BCUT2D eigenvalue weighted by Gasteiger charge is -2.38. The number of benzene rings is 2. The van der Waals surface area contributed by atoms with E-state index in [4.69, 9.17) is 5.10 Å². The van der Waals surface area contributed by atoms with Gasteiger partial charge in [0.15, 0.2) is 0 Å². The highest BCUT2D eigenvalue weighted by Crippen LogP contribution is 2.45. The lowest BCUT2D eigenvalue weighted by molar-refractivity contribution is -0.123. The smallest absolute Gasteiger partial charge is 0.251 e. The van der Waals surface area contributed by atoms with Crippen LogP contribution >= 0.6 is 0 Å². The number of rotatable bonds is 8. The molecular formula is C28H33FN4O2. The zero-order chi connectivity index (χ0) is 25.1. The third-order valence-corrected chi connectivity index (χ3v) is 6.57. The van der Waals surface area contributed by atoms with E-state index in [1.807, 2.05) is 48.6 Å². The SMILES string of the molecule is CCCN1C(=O)[C@@H](CNC(=O)c2cccc(C)c2)[C@@H](c2ccc(F)cc2)c2c(C)nn(CCC)c21. The maximum absolute atomic E-state index is 14.0. The molecule has 1 aromatic heterocycles. The van der Waals surface area contributed by atoms with Crippen molar-refractivity contribution in [2.45, 2.75) is 53.0 Å². The van der Waals surface area contributed by atoms with E-state index in [1.54, 1.807) is 18.2 Å². The molecule has 0 saturated carbocycles. The zero-order valence-electron chi connectivity index (χ0n) is 20.8. The average Bonchev–Trinajstić information content (AvgIpc) is 3.15. The van der Waals surface area contributed by atoms with Crippen molar-refractivity contribution in [1.29, 1.82) is 0 Å². The van der Waals surface area contributed by atoms with Gasteiger partial charge in [-0.05, 0) is 56.5 Å². The van der Waals surface area contributed by atoms with Crippen LogP contribution in [-0.4, -0.2) is 34.7 Å². The fourth-order valence-corrected chi connectivity index (χ4v) is 5.05. The van der Waals surface area contributed by atoms with Crippen molar-refractivity contribution >= 4 is 17.6 Å². The van der Waals surface area contributed by atoms with Crippen molar-refractivity contribution in [2.75, 3.05) is 18.0 Å². The quantitative estimate of drug-likeness (QED) is 0.498. The van der Waals surface area contributed by atoms with Gasteiger partial charge in [0, 0.05) is 36.7 Å². The third kappa shape index (κ3) is 4.85. The Labute approximate surface area is 206 Å². The lowest BCUT2D eigenvalue weighted by atomic mass is 9.76. The molecule has 0 radical (unpaired) electrons. The van der Waals surface area contributed by atoms with Gasteiger partial charge >= 0.3 is 0 Å². The first-order valence-electron chi connectivity index (χ1n) is 12.3. The van der Waals surface area contributed by atoms with Gasteiger partial charge in [-0.1, -0.05) is 43.7 Å². The summed E-state index contributed by atoms with van der Waals surface area (Å²) in [5.41, 5.74) is 4.23. The van der Waals surface area contributed by atoms with Gasteiger partial charge in [0.05, 0.1) is 11.6 Å². The predicted molar refractivity (Wildman–Crippen MR) is 135 cm³/mol. The number of carbonyl (C=O) groups is 2. The fourth-order valence-electron chi connectivity index (χ4n) is 5.05. The number of fused-ring (bicyclic) bond motifs is 1. The van der Waals surface area contributed by atoms with E-state index < -0.39 is 5.92 Å². The number of amides is 2. The number of anilines is 1. The number of carbonyl (C=O) groups excluding carboxylic acids is 2. The minimum Gasteiger partial charge on any atom is -0.351 e. The molecule has 2 aromatic carbocycles. The molecule has 0 saturated heterocycles. The largest absolute Gasteiger partial charge is 0.351 e. The van der Waals surface area contributed by atoms with Gasteiger partial charge in [-0.15, -0.1) is 0 Å². The van der Waals surface area contributed by atoms with Crippen LogP contribution in [-0.2, 0) is 11.3 Å². The monoisotopic (exact) mass is 476 g/mol. The molecule has 0 unspecified atom stereocenters. The maximum atomic E-state index is 14.0. The van der Waals surface area contributed by atoms with E-state index in [0.717, 1.165) is 41.0 Å². The molecule has 2 amide bonds. The first-order valence-corrected chi connectivity index (χ1v) is 12.3. The van der Waals surface area contributed by atoms with Crippen LogP contribution < -0.4 is 10.2 Å². The molecule has 0 spiro atoms. The van der Waals surface area contributed by atoms with E-state index in [2.05, 4.69) is 12.2 Å². The van der Waals surface area contributed by atoms with Gasteiger partial charge in [0.2, 0.25) is 5.91 Å². The highest BCUT2D eigenvalue weighted by Gasteiger charge is 2.44. The van der Waals surface area contributed by atoms with Crippen LogP contribution in [0.5, 0.6) is 0 Å². The second-order valence-electron chi connectivity index (χ2n) is 9.25. The third-order valence-electron chi connectivity index (χ3n) is 6.57. The minimum atomic E-state index is -0.536. The summed E-state index contributed by atoms with van der Waals surface area (Å²) < 4.78 is 15.7. The molecule has 2 heterocycles. The molecule has 0 bridgehead atoms. The second-order valence-corrected chi connectivity index (χ2v) is 9.25. The van der Waals surface area contributed by atoms with E-state index in [-0.39, 0.29) is 30.1 Å². The number of hydrogen-bond acceptors (Lipinski definition) is 3. The molecule has 3 aromatic rings. The van der Waals surface area contributed by atoms with Crippen LogP contribution in [0.2, 0.25) is 0 Å². The number of aromatic nitrogens is 2. The molecule has 1 N–H and O–H groups in total. The Kier molecular flexibility index (Phi) is 7.34. The fraction of sp³-hybridized carbons (Fsp3) is 0.393. The van der Waals surface area contributed by atoms with Crippen LogP contribution in [0, 0.1) is 25.6 Å². The van der Waals surface area contributed by atoms with Crippen LogP contribution in [0.1, 0.15) is 65.3 Å². The van der Waals surface area contributed by atoms with E-state index in [0.29, 0.717) is 18.7 Å². The molecule has 1 aliphatic rings. The van der Waals surface area contributed by atoms with Crippen LogP contribution in [0.15, 0.2) is 48.5 Å². The zero-order valence-corrected chi connectivity index (χ0v) is 20.8. The van der Waals surface area contributed by atoms with Gasteiger partial charge in [0.25, 0.3) is 5.91 Å². The molecule has 2 atom stereocenters. The van der Waals surface area contributed by atoms with Crippen molar-refractivity contribution in [3.63, 3.8) is 0 Å². The Hall–Kier alpha value is -3.48. The Morgan fingerprint density at radius 2 is 1.77 bits per heavy atom. The molecular weight excluding hydrogens is 443 g/mol. The van der Waals surface area contributed by atoms with E-state index >= 15 is 0 Å². The predicted octanol–water partition coefficient (Wildman–Crippen LogP) is 4.98. The van der Waals surface area contributed by atoms with Crippen molar-refractivity contribution in [3.05, 3.63) is 82.3 Å². The molecule has 6 nitrogen and oxygen atoms in total. The summed E-state index contributed by atoms with van der Waals surface area (Å²) >= 11 is 0. The number of nitrogens with zero attached hydrogens (tertiary/aromatic N) is 3. The van der Waals surface area contributed by atoms with Gasteiger partial charge in [-0.3, -0.25) is 14.5 Å². The summed E-state index contributed by atoms with van der Waals surface area (Å²) in [5.74, 6) is -0.639. The average molecular weight is 477 g/mol. The molecule has 7 heteroatoms. The number of aryl methyl sites for hydroxylation is 3. The number of halogens is 1. The van der Waals surface area contributed by atoms with Crippen molar-refractivity contribution < 1.29 is 14.0 Å². The van der Waals surface area contributed by atoms with Gasteiger partial charge in [-0.2, -0.15) is 5.10 Å². The van der Waals surface area contributed by atoms with E-state index in [1.165, 1.54) is 12.1 Å². The van der Waals surface area contributed by atoms with Gasteiger partial charge in [-0.25, -0.2) is 9.07 Å². The summed E-state index contributed by atoms with van der Waals surface area (Å²) in [4.78, 5) is 28.7. The van der Waals surface area contributed by atoms with Crippen molar-refractivity contribution in [2.24, 2.45) is 5.92 Å². The molecule has 184 valence electrons. The first-order chi connectivity index (χ1) is 16.8. The highest BCUT2D eigenvalue weighted by molar-refractivity contribution is 6.00. The molecule has 1 aliphatic heterocycles. The Morgan fingerprint density at radius 3 is 2.43 bits per heavy atom. The molecule has 35 heavy (non-hydrogen) atoms. The van der Waals surface area contributed by atoms with Crippen molar-refractivity contribution in [3.8, 4) is 0 Å². The second kappa shape index (κ2) is 10.4. The number of nitrogens with one attached hydrogen (secondary N) is 1. The lowest BCUT2D eigenvalue weighted by Crippen LogP contribution is -2.49. The van der Waals surface area contributed by atoms with Crippen molar-refractivity contribution in [1.82, 2.24) is 15.1 Å². The van der Waals surface area contributed by atoms with E-state index in [9.17, 15) is 14.0 Å². The van der Waals surface area contributed by atoms with Gasteiger partial charge in [0.1, 0.15) is 11.6 Å². The summed E-state index contributed by atoms with van der Waals surface area (Å²) in [6.45, 7) is 9.47. The van der Waals surface area contributed by atoms with Crippen LogP contribution in [0.25, 0.3) is 0 Å². The normalized spacial score (nSPS) is 17.4. The Balaban J connectivity index is 1.78. The van der Waals surface area contributed by atoms with Crippen LogP contribution in [0.3, 0.4) is 0 Å². The van der Waals surface area contributed by atoms with Crippen LogP contribution in [0.4, 0.5) is 10.2 Å². The molecule has 0 aliphatic carbocycles. The first kappa shape index (κ1) is 24.6. The van der Waals surface area contributed by atoms with Gasteiger partial charge < -0.3 is 5.32 Å². The Bertz CT molecular complexity index is 1220. The summed E-state index contributed by atoms with van der Waals surface area (Å²) in [6, 6.07) is 13.7. The molecule has 4 rings (SSSR count). The highest BCUT2D eigenvalue weighted by atomic mass is 19.1. The standard InChI is InChI=1S/C28H33FN4O2/c1-5-14-32-27-24(19(4)31-33(27)15-6-2)25(20-10-12-22(29)13-11-20)23(28(32)35)17-30-26(34)21-9-7-8-18(3)16-21/h7-13,16,23,25H,5-6,14-15,17H2,1-4H3,(H,30,34)/t23-,25+/m0/s1. The minimum absolute atomic E-state index is 0.0459. The summed E-state index contributed by atoms with van der Waals surface area (Å²) in [7, 11) is 0. The number of hydrogen-bond donors (Lipinski definition) is 1. The summed E-state index contributed by atoms with van der Waals surface area (Å²) in [6.07, 6.45) is 1.68. The Morgan fingerprint density at radius 1 is 1.06 bits per heavy atom. The topological polar surface area (TPSA) is 67.2 Å².